The zero-order valence-electron chi connectivity index (χ0n) is 18.0. The van der Waals surface area contributed by atoms with E-state index in [1.807, 2.05) is 45.2 Å². The number of aryl methyl sites for hydroxylation is 1. The zero-order valence-corrected chi connectivity index (χ0v) is 19.6. The zero-order chi connectivity index (χ0) is 24.4. The summed E-state index contributed by atoms with van der Waals surface area (Å²) in [5.74, 6) is 0.207. The summed E-state index contributed by atoms with van der Waals surface area (Å²) in [6.07, 6.45) is 1.51. The minimum Gasteiger partial charge on any atom is -0.482 e. The van der Waals surface area contributed by atoms with Crippen LogP contribution in [0, 0.1) is 13.8 Å². The van der Waals surface area contributed by atoms with Gasteiger partial charge in [-0.25, -0.2) is 9.78 Å². The smallest absolute Gasteiger partial charge is 0.341 e. The van der Waals surface area contributed by atoms with Crippen molar-refractivity contribution in [1.29, 1.82) is 0 Å². The van der Waals surface area contributed by atoms with E-state index in [9.17, 15) is 4.79 Å². The molecule has 0 amide bonds. The van der Waals surface area contributed by atoms with E-state index in [0.29, 0.717) is 28.2 Å². The number of carboxylic acid groups (broad SMARTS) is 1. The summed E-state index contributed by atoms with van der Waals surface area (Å²) in [5.41, 5.74) is 4.30. The normalized spacial score (nSPS) is 9.82. The molecule has 0 unspecified atom stereocenters. The summed E-state index contributed by atoms with van der Waals surface area (Å²) in [5, 5.41) is 18.7. The molecule has 3 rings (SSSR count). The number of ether oxygens (including phenoxy) is 1. The number of nitrogens with one attached hydrogen (secondary N) is 3. The maximum absolute atomic E-state index is 10.8. The number of rotatable bonds is 8. The summed E-state index contributed by atoms with van der Waals surface area (Å²) in [7, 11) is 1.84. The largest absolute Gasteiger partial charge is 0.482 e. The summed E-state index contributed by atoms with van der Waals surface area (Å²) in [6, 6.07) is 11.2. The van der Waals surface area contributed by atoms with Crippen LogP contribution >= 0.6 is 11.6 Å². The van der Waals surface area contributed by atoms with Crippen LogP contribution in [0.15, 0.2) is 42.6 Å². The topological polar surface area (TPSA) is 143 Å². The molecule has 0 saturated carbocycles. The van der Waals surface area contributed by atoms with Crippen LogP contribution in [-0.4, -0.2) is 43.1 Å². The van der Waals surface area contributed by atoms with Crippen molar-refractivity contribution in [1.82, 2.24) is 9.97 Å². The predicted octanol–water partition coefficient (Wildman–Crippen LogP) is 4.07. The highest BCUT2D eigenvalue weighted by atomic mass is 35.5. The summed E-state index contributed by atoms with van der Waals surface area (Å²) >= 11 is 5.54. The van der Waals surface area contributed by atoms with Gasteiger partial charge in [-0.3, -0.25) is 0 Å². The molecule has 33 heavy (non-hydrogen) atoms. The Hall–Kier alpha value is -3.70. The average molecular weight is 492 g/mol. The third-order valence-corrected chi connectivity index (χ3v) is 4.60. The molecule has 0 aliphatic rings. The van der Waals surface area contributed by atoms with Gasteiger partial charge in [-0.1, -0.05) is 23.7 Å². The number of hydrogen-bond acceptors (Lipinski definition) is 9. The monoisotopic (exact) mass is 491 g/mol. The molecule has 0 aliphatic carbocycles. The first-order valence-corrected chi connectivity index (χ1v) is 10.5. The Kier molecular flexibility index (Phi) is 9.58. The molecule has 0 spiro atoms. The van der Waals surface area contributed by atoms with Gasteiger partial charge in [0.1, 0.15) is 10.8 Å². The highest BCUT2D eigenvalue weighted by Crippen LogP contribution is 2.31. The Morgan fingerprint density at radius 2 is 1.85 bits per heavy atom. The van der Waals surface area contributed by atoms with E-state index in [0.717, 1.165) is 22.5 Å². The van der Waals surface area contributed by atoms with E-state index in [1.165, 1.54) is 6.20 Å². The van der Waals surface area contributed by atoms with Crippen molar-refractivity contribution >= 4 is 58.0 Å². The lowest BCUT2D eigenvalue weighted by Crippen LogP contribution is -2.10. The van der Waals surface area contributed by atoms with E-state index >= 15 is 0 Å². The fourth-order valence-electron chi connectivity index (χ4n) is 2.78. The van der Waals surface area contributed by atoms with Crippen LogP contribution in [0.1, 0.15) is 11.1 Å². The van der Waals surface area contributed by atoms with Crippen molar-refractivity contribution in [3.63, 3.8) is 0 Å². The number of aliphatic carboxylic acids is 1. The molecule has 3 aromatic rings. The fraction of sp³-hybridized carbons (Fsp3) is 0.190. The number of carboxylic acids is 1. The number of carbonyl (C=O) groups is 1. The van der Waals surface area contributed by atoms with Crippen LogP contribution in [0.4, 0.5) is 28.8 Å². The second-order valence-electron chi connectivity index (χ2n) is 6.62. The lowest BCUT2D eigenvalue weighted by atomic mass is 10.2. The minimum absolute atomic E-state index is 0.332. The second-order valence-corrected chi connectivity index (χ2v) is 7.16. The van der Waals surface area contributed by atoms with Crippen LogP contribution in [0.2, 0.25) is 5.02 Å². The maximum atomic E-state index is 10.8. The van der Waals surface area contributed by atoms with E-state index in [4.69, 9.17) is 29.9 Å². The molecule has 2 aromatic carbocycles. The standard InChI is InChI=1S/C21H22ClN5O3.O2S/c1-12-7-8-16(17(9-12)23-3)25-20-14(22)10-24-21(27-20)26-15-5-4-6-18(13(15)2)30-11-19(28)29;1-3-2/h4-10,23H,11H2,1-3H3,(H,28,29)(H2,24,25,26,27);. The first kappa shape index (κ1) is 25.6. The first-order chi connectivity index (χ1) is 15.8. The molecular weight excluding hydrogens is 470 g/mol. The number of hydrogen-bond donors (Lipinski definition) is 4. The number of nitrogens with zero attached hydrogens (tertiary/aromatic N) is 2. The molecule has 12 heteroatoms. The molecule has 0 bridgehead atoms. The van der Waals surface area contributed by atoms with Crippen LogP contribution in [0.5, 0.6) is 5.75 Å². The van der Waals surface area contributed by atoms with E-state index in [-0.39, 0.29) is 0 Å². The lowest BCUT2D eigenvalue weighted by Gasteiger charge is -2.15. The highest BCUT2D eigenvalue weighted by Gasteiger charge is 2.12. The predicted molar refractivity (Wildman–Crippen MR) is 128 cm³/mol. The quantitative estimate of drug-likeness (QED) is 0.364. The Morgan fingerprint density at radius 3 is 2.52 bits per heavy atom. The summed E-state index contributed by atoms with van der Waals surface area (Å²) in [6.45, 7) is 3.42. The van der Waals surface area contributed by atoms with Crippen LogP contribution < -0.4 is 20.7 Å². The molecule has 0 radical (unpaired) electrons. The molecule has 1 aromatic heterocycles. The third kappa shape index (κ3) is 7.44. The highest BCUT2D eigenvalue weighted by molar-refractivity contribution is 7.51. The van der Waals surface area contributed by atoms with Gasteiger partial charge in [-0.2, -0.15) is 13.4 Å². The van der Waals surface area contributed by atoms with Crippen molar-refractivity contribution in [2.24, 2.45) is 0 Å². The van der Waals surface area contributed by atoms with E-state index < -0.39 is 24.1 Å². The van der Waals surface area contributed by atoms with Crippen molar-refractivity contribution < 1.29 is 23.1 Å². The molecule has 4 N–H and O–H groups in total. The fourth-order valence-corrected chi connectivity index (χ4v) is 2.92. The molecule has 10 nitrogen and oxygen atoms in total. The minimum atomic E-state index is -1.04. The molecule has 1 heterocycles. The summed E-state index contributed by atoms with van der Waals surface area (Å²) in [4.78, 5) is 19.5. The van der Waals surface area contributed by atoms with Gasteiger partial charge < -0.3 is 25.8 Å². The van der Waals surface area contributed by atoms with Gasteiger partial charge >= 0.3 is 17.5 Å². The average Bonchev–Trinajstić information content (AvgIpc) is 2.78. The van der Waals surface area contributed by atoms with Gasteiger partial charge in [-0.05, 0) is 43.7 Å². The van der Waals surface area contributed by atoms with Crippen LogP contribution in [0.3, 0.4) is 0 Å². The van der Waals surface area contributed by atoms with Gasteiger partial charge in [-0.15, -0.1) is 0 Å². The van der Waals surface area contributed by atoms with Crippen LogP contribution in [0.25, 0.3) is 0 Å². The first-order valence-electron chi connectivity index (χ1n) is 9.50. The molecule has 0 saturated heterocycles. The number of anilines is 5. The molecule has 174 valence electrons. The van der Waals surface area contributed by atoms with Gasteiger partial charge in [0, 0.05) is 18.3 Å². The molecule has 0 fully saturated rings. The van der Waals surface area contributed by atoms with Gasteiger partial charge in [0.15, 0.2) is 12.4 Å². The van der Waals surface area contributed by atoms with Crippen molar-refractivity contribution in [3.8, 4) is 5.75 Å². The third-order valence-electron chi connectivity index (χ3n) is 4.32. The number of benzene rings is 2. The molecule has 0 aliphatic heterocycles. The molecule has 0 atom stereocenters. The maximum Gasteiger partial charge on any atom is 0.341 e. The van der Waals surface area contributed by atoms with Crippen molar-refractivity contribution in [2.45, 2.75) is 13.8 Å². The van der Waals surface area contributed by atoms with Crippen molar-refractivity contribution in [2.75, 3.05) is 29.6 Å². The SMILES string of the molecule is CNc1cc(C)ccc1Nc1nc(Nc2cccc(OCC(=O)O)c2C)ncc1Cl.O=S=O. The lowest BCUT2D eigenvalue weighted by molar-refractivity contribution is -0.139. The Balaban J connectivity index is 0.00000122. The Morgan fingerprint density at radius 1 is 1.12 bits per heavy atom. The number of halogens is 1. The summed E-state index contributed by atoms with van der Waals surface area (Å²) < 4.78 is 21.9. The number of aromatic nitrogens is 2. The Labute approximate surface area is 199 Å². The van der Waals surface area contributed by atoms with E-state index in [1.54, 1.807) is 12.1 Å². The van der Waals surface area contributed by atoms with Crippen LogP contribution in [-0.2, 0) is 16.4 Å². The second kappa shape index (κ2) is 12.4. The van der Waals surface area contributed by atoms with Gasteiger partial charge in [0.2, 0.25) is 5.95 Å². The van der Waals surface area contributed by atoms with Crippen molar-refractivity contribution in [3.05, 3.63) is 58.7 Å². The van der Waals surface area contributed by atoms with E-state index in [2.05, 4.69) is 25.9 Å². The molecular formula is C21H22ClN5O5S. The Bertz CT molecular complexity index is 1170. The van der Waals surface area contributed by atoms with Gasteiger partial charge in [0.05, 0.1) is 17.6 Å². The van der Waals surface area contributed by atoms with Gasteiger partial charge in [0.25, 0.3) is 0 Å².